The highest BCUT2D eigenvalue weighted by atomic mass is 79.9. The van der Waals surface area contributed by atoms with Crippen LogP contribution in [0.4, 0.5) is 5.69 Å². The molecule has 0 aliphatic rings. The van der Waals surface area contributed by atoms with Crippen LogP contribution in [0, 0.1) is 0 Å². The van der Waals surface area contributed by atoms with Crippen molar-refractivity contribution < 1.29 is 9.53 Å². The maximum atomic E-state index is 12.3. The molecular weight excluding hydrogens is 296 g/mol. The minimum absolute atomic E-state index is 0.175. The van der Waals surface area contributed by atoms with Crippen LogP contribution in [0.25, 0.3) is 0 Å². The van der Waals surface area contributed by atoms with Crippen molar-refractivity contribution in [2.24, 2.45) is 0 Å². The van der Waals surface area contributed by atoms with Crippen molar-refractivity contribution in [1.82, 2.24) is 4.98 Å². The Labute approximate surface area is 113 Å². The molecular formula is C13H11BrN2O2. The van der Waals surface area contributed by atoms with Gasteiger partial charge in [0.05, 0.1) is 13.3 Å². The highest BCUT2D eigenvalue weighted by Gasteiger charge is 2.13. The second-order valence-electron chi connectivity index (χ2n) is 3.67. The van der Waals surface area contributed by atoms with Crippen molar-refractivity contribution in [3.05, 3.63) is 52.3 Å². The van der Waals surface area contributed by atoms with Crippen LogP contribution in [0.15, 0.2) is 41.1 Å². The van der Waals surface area contributed by atoms with Crippen LogP contribution >= 0.6 is 15.9 Å². The topological polar surface area (TPSA) is 65.2 Å². The van der Waals surface area contributed by atoms with Crippen LogP contribution in [0.1, 0.15) is 15.9 Å². The Morgan fingerprint density at radius 2 is 2.11 bits per heavy atom. The molecule has 2 rings (SSSR count). The lowest BCUT2D eigenvalue weighted by Crippen LogP contribution is -2.06. The van der Waals surface area contributed by atoms with Crippen LogP contribution in [-0.2, 0) is 0 Å². The van der Waals surface area contributed by atoms with Crippen molar-refractivity contribution in [3.8, 4) is 5.75 Å². The summed E-state index contributed by atoms with van der Waals surface area (Å²) in [5, 5.41) is 0. The van der Waals surface area contributed by atoms with E-state index in [1.54, 1.807) is 30.5 Å². The number of halogens is 1. The first-order valence-electron chi connectivity index (χ1n) is 5.20. The molecule has 1 aromatic carbocycles. The fourth-order valence-corrected chi connectivity index (χ4v) is 1.93. The summed E-state index contributed by atoms with van der Waals surface area (Å²) in [5.41, 5.74) is 7.16. The monoisotopic (exact) mass is 306 g/mol. The summed E-state index contributed by atoms with van der Waals surface area (Å²) in [5.74, 6) is 0.364. The van der Waals surface area contributed by atoms with Gasteiger partial charge in [-0.3, -0.25) is 9.78 Å². The molecule has 0 bridgehead atoms. The number of anilines is 1. The van der Waals surface area contributed by atoms with Crippen LogP contribution < -0.4 is 10.5 Å². The Hall–Kier alpha value is -1.88. The van der Waals surface area contributed by atoms with Crippen molar-refractivity contribution in [3.63, 3.8) is 0 Å². The van der Waals surface area contributed by atoms with Crippen LogP contribution in [0.2, 0.25) is 0 Å². The van der Waals surface area contributed by atoms with Crippen LogP contribution in [-0.4, -0.2) is 17.9 Å². The summed E-state index contributed by atoms with van der Waals surface area (Å²) in [6, 6.07) is 6.79. The van der Waals surface area contributed by atoms with Crippen LogP contribution in [0.5, 0.6) is 5.75 Å². The van der Waals surface area contributed by atoms with E-state index in [4.69, 9.17) is 10.5 Å². The van der Waals surface area contributed by atoms with E-state index in [0.717, 1.165) is 4.47 Å². The number of hydrogen-bond donors (Lipinski definition) is 1. The number of rotatable bonds is 3. The number of benzene rings is 1. The summed E-state index contributed by atoms with van der Waals surface area (Å²) in [6.07, 6.45) is 3.04. The second kappa shape index (κ2) is 5.18. The van der Waals surface area contributed by atoms with Crippen molar-refractivity contribution in [1.29, 1.82) is 0 Å². The van der Waals surface area contributed by atoms with Crippen LogP contribution in [0.3, 0.4) is 0 Å². The number of aromatic nitrogens is 1. The molecule has 0 atom stereocenters. The molecule has 18 heavy (non-hydrogen) atoms. The quantitative estimate of drug-likeness (QED) is 0.699. The van der Waals surface area contributed by atoms with E-state index in [1.165, 1.54) is 13.3 Å². The smallest absolute Gasteiger partial charge is 0.196 e. The van der Waals surface area contributed by atoms with Crippen molar-refractivity contribution in [2.45, 2.75) is 0 Å². The van der Waals surface area contributed by atoms with E-state index in [9.17, 15) is 4.79 Å². The van der Waals surface area contributed by atoms with E-state index in [0.29, 0.717) is 22.6 Å². The van der Waals surface area contributed by atoms with E-state index in [-0.39, 0.29) is 5.78 Å². The Balaban J connectivity index is 2.41. The summed E-state index contributed by atoms with van der Waals surface area (Å²) in [4.78, 5) is 16.2. The number of ketones is 1. The first-order chi connectivity index (χ1) is 8.61. The van der Waals surface area contributed by atoms with Gasteiger partial charge in [0, 0.05) is 27.5 Å². The second-order valence-corrected chi connectivity index (χ2v) is 4.59. The molecule has 2 aromatic rings. The molecule has 4 nitrogen and oxygen atoms in total. The Bertz CT molecular complexity index is 599. The number of ether oxygens (including phenoxy) is 1. The number of nitrogens with two attached hydrogens (primary N) is 1. The fourth-order valence-electron chi connectivity index (χ4n) is 1.55. The van der Waals surface area contributed by atoms with Gasteiger partial charge in [0.2, 0.25) is 0 Å². The third-order valence-corrected chi connectivity index (χ3v) is 2.96. The average molecular weight is 307 g/mol. The summed E-state index contributed by atoms with van der Waals surface area (Å²) < 4.78 is 5.87. The Kier molecular flexibility index (Phi) is 3.62. The lowest BCUT2D eigenvalue weighted by molar-refractivity contribution is 0.103. The molecule has 1 aromatic heterocycles. The number of hydrogen-bond acceptors (Lipinski definition) is 4. The SMILES string of the molecule is COc1cncc(C(=O)c2ccc(Br)cc2N)c1. The molecule has 0 amide bonds. The molecule has 0 saturated heterocycles. The molecule has 5 heteroatoms. The molecule has 0 unspecified atom stereocenters. The van der Waals surface area contributed by atoms with Gasteiger partial charge < -0.3 is 10.5 Å². The summed E-state index contributed by atoms with van der Waals surface area (Å²) in [7, 11) is 1.53. The molecule has 0 aliphatic carbocycles. The van der Waals surface area contributed by atoms with Crippen molar-refractivity contribution >= 4 is 27.4 Å². The molecule has 0 fully saturated rings. The van der Waals surface area contributed by atoms with E-state index in [1.807, 2.05) is 0 Å². The highest BCUT2D eigenvalue weighted by Crippen LogP contribution is 2.22. The zero-order valence-corrected chi connectivity index (χ0v) is 11.3. The molecule has 0 aliphatic heterocycles. The number of nitrogen functional groups attached to an aromatic ring is 1. The minimum atomic E-state index is -0.175. The number of nitrogens with zero attached hydrogens (tertiary/aromatic N) is 1. The predicted octanol–water partition coefficient (Wildman–Crippen LogP) is 2.67. The fraction of sp³-hybridized carbons (Fsp3) is 0.0769. The number of methoxy groups -OCH3 is 1. The summed E-state index contributed by atoms with van der Waals surface area (Å²) >= 11 is 3.30. The molecule has 0 radical (unpaired) electrons. The number of carbonyl (C=O) groups is 1. The van der Waals surface area contributed by atoms with Gasteiger partial charge in [-0.05, 0) is 24.3 Å². The normalized spacial score (nSPS) is 10.1. The molecule has 0 saturated carbocycles. The Morgan fingerprint density at radius 3 is 2.78 bits per heavy atom. The maximum absolute atomic E-state index is 12.3. The number of pyridine rings is 1. The summed E-state index contributed by atoms with van der Waals surface area (Å²) in [6.45, 7) is 0. The van der Waals surface area contributed by atoms with Gasteiger partial charge in [-0.25, -0.2) is 0 Å². The molecule has 0 spiro atoms. The lowest BCUT2D eigenvalue weighted by Gasteiger charge is -2.06. The predicted molar refractivity (Wildman–Crippen MR) is 72.8 cm³/mol. The first-order valence-corrected chi connectivity index (χ1v) is 6.00. The standard InChI is InChI=1S/C13H11BrN2O2/c1-18-10-4-8(6-16-7-10)13(17)11-3-2-9(14)5-12(11)15/h2-7H,15H2,1H3. The first kappa shape index (κ1) is 12.6. The molecule has 1 heterocycles. The van der Waals surface area contributed by atoms with Gasteiger partial charge in [-0.15, -0.1) is 0 Å². The third kappa shape index (κ3) is 2.51. The average Bonchev–Trinajstić information content (AvgIpc) is 2.38. The zero-order valence-electron chi connectivity index (χ0n) is 9.68. The van der Waals surface area contributed by atoms with E-state index < -0.39 is 0 Å². The van der Waals surface area contributed by atoms with Gasteiger partial charge in [0.25, 0.3) is 0 Å². The van der Waals surface area contributed by atoms with Gasteiger partial charge >= 0.3 is 0 Å². The molecule has 92 valence electrons. The van der Waals surface area contributed by atoms with E-state index in [2.05, 4.69) is 20.9 Å². The van der Waals surface area contributed by atoms with Crippen molar-refractivity contribution in [2.75, 3.05) is 12.8 Å². The lowest BCUT2D eigenvalue weighted by atomic mass is 10.0. The van der Waals surface area contributed by atoms with E-state index >= 15 is 0 Å². The largest absolute Gasteiger partial charge is 0.495 e. The Morgan fingerprint density at radius 1 is 1.33 bits per heavy atom. The van der Waals surface area contributed by atoms with Gasteiger partial charge in [-0.2, -0.15) is 0 Å². The number of carbonyl (C=O) groups excluding carboxylic acids is 1. The maximum Gasteiger partial charge on any atom is 0.196 e. The van der Waals surface area contributed by atoms with Gasteiger partial charge in [0.1, 0.15) is 5.75 Å². The van der Waals surface area contributed by atoms with Gasteiger partial charge in [0.15, 0.2) is 5.78 Å². The molecule has 2 N–H and O–H groups in total. The van der Waals surface area contributed by atoms with Gasteiger partial charge in [-0.1, -0.05) is 15.9 Å². The minimum Gasteiger partial charge on any atom is -0.495 e. The third-order valence-electron chi connectivity index (χ3n) is 2.47. The highest BCUT2D eigenvalue weighted by molar-refractivity contribution is 9.10. The zero-order chi connectivity index (χ0) is 13.1.